The Morgan fingerprint density at radius 1 is 1.19 bits per heavy atom. The molecule has 1 aromatic carbocycles. The fourth-order valence-electron chi connectivity index (χ4n) is 3.13. The van der Waals surface area contributed by atoms with Crippen molar-refractivity contribution in [2.45, 2.75) is 44.8 Å². The van der Waals surface area contributed by atoms with Gasteiger partial charge in [-0.2, -0.15) is 5.10 Å². The summed E-state index contributed by atoms with van der Waals surface area (Å²) >= 11 is 0. The number of methoxy groups -OCH3 is 1. The SMILES string of the molecule is COC(=O)c1nn(C2CCCCC2)cc1NC(=O)OCc1ccccc1. The molecule has 1 amide bonds. The van der Waals surface area contributed by atoms with Gasteiger partial charge in [0.25, 0.3) is 0 Å². The van der Waals surface area contributed by atoms with Crippen molar-refractivity contribution in [1.29, 1.82) is 0 Å². The van der Waals surface area contributed by atoms with E-state index in [-0.39, 0.29) is 18.3 Å². The molecule has 0 unspecified atom stereocenters. The van der Waals surface area contributed by atoms with Crippen molar-refractivity contribution in [3.8, 4) is 0 Å². The van der Waals surface area contributed by atoms with E-state index in [0.29, 0.717) is 5.69 Å². The first-order valence-corrected chi connectivity index (χ1v) is 8.82. The van der Waals surface area contributed by atoms with E-state index in [2.05, 4.69) is 10.4 Å². The van der Waals surface area contributed by atoms with Crippen molar-refractivity contribution in [1.82, 2.24) is 9.78 Å². The number of hydrogen-bond acceptors (Lipinski definition) is 5. The maximum absolute atomic E-state index is 12.1. The number of esters is 1. The highest BCUT2D eigenvalue weighted by Crippen LogP contribution is 2.29. The molecule has 0 atom stereocenters. The van der Waals surface area contributed by atoms with Gasteiger partial charge in [0.15, 0.2) is 5.69 Å². The Morgan fingerprint density at radius 2 is 1.92 bits per heavy atom. The third-order valence-corrected chi connectivity index (χ3v) is 4.51. The molecule has 2 aromatic rings. The molecule has 0 spiro atoms. The molecular weight excluding hydrogens is 334 g/mol. The molecule has 1 saturated carbocycles. The summed E-state index contributed by atoms with van der Waals surface area (Å²) in [7, 11) is 1.29. The van der Waals surface area contributed by atoms with Crippen LogP contribution in [0.2, 0.25) is 0 Å². The van der Waals surface area contributed by atoms with Crippen molar-refractivity contribution in [3.63, 3.8) is 0 Å². The minimum atomic E-state index is -0.637. The molecule has 0 saturated heterocycles. The molecule has 1 N–H and O–H groups in total. The van der Waals surface area contributed by atoms with Gasteiger partial charge in [0.05, 0.1) is 18.8 Å². The second-order valence-corrected chi connectivity index (χ2v) is 6.34. The van der Waals surface area contributed by atoms with Gasteiger partial charge in [-0.25, -0.2) is 9.59 Å². The van der Waals surface area contributed by atoms with E-state index in [4.69, 9.17) is 9.47 Å². The highest BCUT2D eigenvalue weighted by molar-refractivity contribution is 5.97. The number of hydrogen-bond donors (Lipinski definition) is 1. The number of carbonyl (C=O) groups is 2. The summed E-state index contributed by atoms with van der Waals surface area (Å²) in [5.41, 5.74) is 1.28. The van der Waals surface area contributed by atoms with Crippen molar-refractivity contribution in [2.75, 3.05) is 12.4 Å². The van der Waals surface area contributed by atoms with Gasteiger partial charge in [-0.15, -0.1) is 0 Å². The van der Waals surface area contributed by atoms with E-state index in [1.807, 2.05) is 30.3 Å². The molecule has 0 aliphatic heterocycles. The van der Waals surface area contributed by atoms with Crippen LogP contribution in [0.5, 0.6) is 0 Å². The molecule has 26 heavy (non-hydrogen) atoms. The number of aromatic nitrogens is 2. The molecule has 1 fully saturated rings. The largest absolute Gasteiger partial charge is 0.464 e. The Bertz CT molecular complexity index is 751. The smallest absolute Gasteiger partial charge is 0.412 e. The Morgan fingerprint density at radius 3 is 2.62 bits per heavy atom. The summed E-state index contributed by atoms with van der Waals surface area (Å²) in [6.07, 6.45) is 6.58. The quantitative estimate of drug-likeness (QED) is 0.820. The number of carbonyl (C=O) groups excluding carboxylic acids is 2. The summed E-state index contributed by atoms with van der Waals surface area (Å²) in [5.74, 6) is -0.585. The normalized spacial score (nSPS) is 14.7. The van der Waals surface area contributed by atoms with Crippen LogP contribution in [0.1, 0.15) is 54.2 Å². The Balaban J connectivity index is 1.69. The molecule has 1 aliphatic carbocycles. The van der Waals surface area contributed by atoms with Crippen LogP contribution in [0.25, 0.3) is 0 Å². The monoisotopic (exact) mass is 357 g/mol. The highest BCUT2D eigenvalue weighted by atomic mass is 16.5. The van der Waals surface area contributed by atoms with Crippen molar-refractivity contribution >= 4 is 17.7 Å². The van der Waals surface area contributed by atoms with Gasteiger partial charge in [-0.05, 0) is 18.4 Å². The van der Waals surface area contributed by atoms with Crippen LogP contribution in [-0.4, -0.2) is 29.0 Å². The first-order valence-electron chi connectivity index (χ1n) is 8.82. The van der Waals surface area contributed by atoms with Gasteiger partial charge < -0.3 is 9.47 Å². The zero-order valence-electron chi connectivity index (χ0n) is 14.8. The van der Waals surface area contributed by atoms with Gasteiger partial charge in [0, 0.05) is 6.20 Å². The van der Waals surface area contributed by atoms with Gasteiger partial charge in [0.1, 0.15) is 6.61 Å². The maximum atomic E-state index is 12.1. The first kappa shape index (κ1) is 18.0. The van der Waals surface area contributed by atoms with Gasteiger partial charge in [0.2, 0.25) is 0 Å². The molecule has 3 rings (SSSR count). The Labute approximate surface area is 152 Å². The molecule has 7 heteroatoms. The predicted molar refractivity (Wildman–Crippen MR) is 95.9 cm³/mol. The second kappa shape index (κ2) is 8.51. The third kappa shape index (κ3) is 4.41. The molecule has 138 valence electrons. The topological polar surface area (TPSA) is 82.5 Å². The second-order valence-electron chi connectivity index (χ2n) is 6.34. The van der Waals surface area contributed by atoms with E-state index in [0.717, 1.165) is 31.2 Å². The van der Waals surface area contributed by atoms with Crippen LogP contribution in [0, 0.1) is 0 Å². The molecule has 7 nitrogen and oxygen atoms in total. The number of ether oxygens (including phenoxy) is 2. The lowest BCUT2D eigenvalue weighted by Crippen LogP contribution is -2.16. The number of anilines is 1. The molecule has 1 heterocycles. The van der Waals surface area contributed by atoms with Crippen molar-refractivity contribution in [3.05, 3.63) is 47.8 Å². The summed E-state index contributed by atoms with van der Waals surface area (Å²) in [6.45, 7) is 0.150. The number of nitrogens with one attached hydrogen (secondary N) is 1. The Hall–Kier alpha value is -2.83. The zero-order chi connectivity index (χ0) is 18.4. The van der Waals surface area contributed by atoms with Gasteiger partial charge in [-0.1, -0.05) is 49.6 Å². The minimum absolute atomic E-state index is 0.0923. The van der Waals surface area contributed by atoms with E-state index >= 15 is 0 Å². The van der Waals surface area contributed by atoms with E-state index in [1.165, 1.54) is 13.5 Å². The van der Waals surface area contributed by atoms with Crippen molar-refractivity contribution < 1.29 is 19.1 Å². The van der Waals surface area contributed by atoms with Gasteiger partial charge in [-0.3, -0.25) is 10.00 Å². The Kier molecular flexibility index (Phi) is 5.88. The van der Waals surface area contributed by atoms with Crippen LogP contribution in [-0.2, 0) is 16.1 Å². The van der Waals surface area contributed by atoms with E-state index in [1.54, 1.807) is 10.9 Å². The third-order valence-electron chi connectivity index (χ3n) is 4.51. The summed E-state index contributed by atoms with van der Waals surface area (Å²) in [6, 6.07) is 9.62. The van der Waals surface area contributed by atoms with Crippen LogP contribution in [0.3, 0.4) is 0 Å². The van der Waals surface area contributed by atoms with Crippen LogP contribution in [0.4, 0.5) is 10.5 Å². The average Bonchev–Trinajstić information content (AvgIpc) is 3.11. The number of nitrogens with zero attached hydrogens (tertiary/aromatic N) is 2. The summed E-state index contributed by atoms with van der Waals surface area (Å²) in [4.78, 5) is 24.1. The van der Waals surface area contributed by atoms with E-state index in [9.17, 15) is 9.59 Å². The molecule has 0 radical (unpaired) electrons. The maximum Gasteiger partial charge on any atom is 0.412 e. The molecular formula is C19H23N3O4. The fraction of sp³-hybridized carbons (Fsp3) is 0.421. The fourth-order valence-corrected chi connectivity index (χ4v) is 3.13. The number of rotatable bonds is 5. The summed E-state index contributed by atoms with van der Waals surface area (Å²) < 4.78 is 11.8. The number of benzene rings is 1. The van der Waals surface area contributed by atoms with Crippen LogP contribution in [0.15, 0.2) is 36.5 Å². The average molecular weight is 357 g/mol. The highest BCUT2D eigenvalue weighted by Gasteiger charge is 2.24. The molecule has 1 aromatic heterocycles. The van der Waals surface area contributed by atoms with Crippen LogP contribution < -0.4 is 5.32 Å². The predicted octanol–water partition coefficient (Wildman–Crippen LogP) is 3.92. The summed E-state index contributed by atoms with van der Waals surface area (Å²) in [5, 5.41) is 6.96. The zero-order valence-corrected chi connectivity index (χ0v) is 14.8. The van der Waals surface area contributed by atoms with Crippen molar-refractivity contribution in [2.24, 2.45) is 0 Å². The molecule has 1 aliphatic rings. The molecule has 0 bridgehead atoms. The number of amides is 1. The minimum Gasteiger partial charge on any atom is -0.464 e. The lowest BCUT2D eigenvalue weighted by Gasteiger charge is -2.21. The lowest BCUT2D eigenvalue weighted by atomic mass is 9.96. The van der Waals surface area contributed by atoms with Crippen LogP contribution >= 0.6 is 0 Å². The van der Waals surface area contributed by atoms with E-state index < -0.39 is 12.1 Å². The lowest BCUT2D eigenvalue weighted by molar-refractivity contribution is 0.0593. The van der Waals surface area contributed by atoms with Gasteiger partial charge >= 0.3 is 12.1 Å². The standard InChI is InChI=1S/C19H23N3O4/c1-25-18(23)17-16(12-22(21-17)15-10-6-3-7-11-15)20-19(24)26-13-14-8-4-2-5-9-14/h2,4-5,8-9,12,15H,3,6-7,10-11,13H2,1H3,(H,20,24). The first-order chi connectivity index (χ1) is 12.7.